The zero-order chi connectivity index (χ0) is 14.8. The minimum atomic E-state index is -0.961. The lowest BCUT2D eigenvalue weighted by Crippen LogP contribution is -2.54. The third-order valence-corrected chi connectivity index (χ3v) is 4.50. The summed E-state index contributed by atoms with van der Waals surface area (Å²) in [5.41, 5.74) is -0.156. The third kappa shape index (κ3) is 3.15. The normalized spacial score (nSPS) is 26.5. The van der Waals surface area contributed by atoms with E-state index in [2.05, 4.69) is 35.1 Å². The summed E-state index contributed by atoms with van der Waals surface area (Å²) in [6.45, 7) is 4.58. The fourth-order valence-corrected chi connectivity index (χ4v) is 2.88. The minimum absolute atomic E-state index is 0.0326. The number of carboxylic acids is 1. The molecule has 1 fully saturated rings. The number of ether oxygens (including phenoxy) is 1. The van der Waals surface area contributed by atoms with Crippen LogP contribution in [0.4, 0.5) is 5.69 Å². The van der Waals surface area contributed by atoms with Gasteiger partial charge < -0.3 is 15.2 Å². The molecule has 2 atom stereocenters. The Hall–Kier alpha value is -1.07. The molecule has 0 saturated carbocycles. The fraction of sp³-hybridized carbons (Fsp3) is 0.533. The van der Waals surface area contributed by atoms with Gasteiger partial charge in [-0.2, -0.15) is 0 Å². The van der Waals surface area contributed by atoms with Crippen LogP contribution < -0.4 is 5.32 Å². The van der Waals surface area contributed by atoms with E-state index in [4.69, 9.17) is 4.74 Å². The molecule has 0 bridgehead atoms. The minimum Gasteiger partial charge on any atom is -0.480 e. The zero-order valence-corrected chi connectivity index (χ0v) is 13.3. The van der Waals surface area contributed by atoms with Crippen LogP contribution in [0.25, 0.3) is 0 Å². The van der Waals surface area contributed by atoms with Crippen LogP contribution in [0.3, 0.4) is 0 Å². The molecule has 110 valence electrons. The Bertz CT molecular complexity index is 492. The van der Waals surface area contributed by atoms with Gasteiger partial charge in [0.2, 0.25) is 0 Å². The number of carboxylic acid groups (broad SMARTS) is 1. The van der Waals surface area contributed by atoms with Crippen molar-refractivity contribution in [3.05, 3.63) is 28.7 Å². The maximum Gasteiger partial charge on any atom is 0.329 e. The Balaban J connectivity index is 2.26. The highest BCUT2D eigenvalue weighted by atomic mass is 79.9. The predicted molar refractivity (Wildman–Crippen MR) is 81.9 cm³/mol. The van der Waals surface area contributed by atoms with Crippen molar-refractivity contribution in [3.63, 3.8) is 0 Å². The van der Waals surface area contributed by atoms with Gasteiger partial charge in [0.15, 0.2) is 0 Å². The van der Waals surface area contributed by atoms with E-state index in [0.717, 1.165) is 10.2 Å². The second kappa shape index (κ2) is 6.14. The highest BCUT2D eigenvalue weighted by Gasteiger charge is 2.44. The van der Waals surface area contributed by atoms with Crippen molar-refractivity contribution in [1.29, 1.82) is 0 Å². The van der Waals surface area contributed by atoms with Gasteiger partial charge in [-0.3, -0.25) is 0 Å². The van der Waals surface area contributed by atoms with Crippen molar-refractivity contribution >= 4 is 27.6 Å². The first-order chi connectivity index (χ1) is 9.44. The summed E-state index contributed by atoms with van der Waals surface area (Å²) in [5.74, 6) is -0.516. The lowest BCUT2D eigenvalue weighted by atomic mass is 9.83. The molecule has 1 saturated heterocycles. The molecule has 1 aliphatic heterocycles. The van der Waals surface area contributed by atoms with Crippen LogP contribution in [0.1, 0.15) is 26.7 Å². The highest BCUT2D eigenvalue weighted by molar-refractivity contribution is 9.10. The molecule has 4 nitrogen and oxygen atoms in total. The van der Waals surface area contributed by atoms with Crippen LogP contribution in [0.15, 0.2) is 28.7 Å². The van der Waals surface area contributed by atoms with E-state index >= 15 is 0 Å². The molecule has 0 radical (unpaired) electrons. The molecular weight excluding hydrogens is 322 g/mol. The van der Waals surface area contributed by atoms with Crippen molar-refractivity contribution in [2.24, 2.45) is 5.92 Å². The summed E-state index contributed by atoms with van der Waals surface area (Å²) < 4.78 is 6.57. The van der Waals surface area contributed by atoms with Crippen molar-refractivity contribution in [2.45, 2.75) is 38.3 Å². The Morgan fingerprint density at radius 3 is 2.80 bits per heavy atom. The molecule has 2 rings (SSSR count). The van der Waals surface area contributed by atoms with E-state index in [-0.39, 0.29) is 6.10 Å². The van der Waals surface area contributed by atoms with Crippen LogP contribution >= 0.6 is 15.9 Å². The highest BCUT2D eigenvalue weighted by Crippen LogP contribution is 2.34. The molecule has 1 heterocycles. The number of aliphatic carboxylic acids is 1. The Morgan fingerprint density at radius 1 is 1.50 bits per heavy atom. The SMILES string of the molecule is CC(C)C1CC(Nc2ccccc2Br)(C(=O)O)CCO1. The number of rotatable bonds is 4. The summed E-state index contributed by atoms with van der Waals surface area (Å²) in [7, 11) is 0. The number of benzene rings is 1. The summed E-state index contributed by atoms with van der Waals surface area (Å²) in [5, 5.41) is 12.9. The van der Waals surface area contributed by atoms with Crippen molar-refractivity contribution < 1.29 is 14.6 Å². The maximum absolute atomic E-state index is 11.8. The molecule has 5 heteroatoms. The van der Waals surface area contributed by atoms with Crippen LogP contribution in [0.2, 0.25) is 0 Å². The number of carbonyl (C=O) groups is 1. The first-order valence-electron chi connectivity index (χ1n) is 6.82. The predicted octanol–water partition coefficient (Wildman–Crippen LogP) is 3.52. The zero-order valence-electron chi connectivity index (χ0n) is 11.7. The third-order valence-electron chi connectivity index (χ3n) is 3.81. The number of nitrogens with one attached hydrogen (secondary N) is 1. The first-order valence-corrected chi connectivity index (χ1v) is 7.61. The molecule has 2 unspecified atom stereocenters. The molecule has 1 aromatic rings. The molecule has 0 aliphatic carbocycles. The van der Waals surface area contributed by atoms with Crippen molar-refractivity contribution in [1.82, 2.24) is 0 Å². The van der Waals surface area contributed by atoms with Crippen LogP contribution in [0, 0.1) is 5.92 Å². The second-order valence-corrected chi connectivity index (χ2v) is 6.45. The average Bonchev–Trinajstić information content (AvgIpc) is 2.41. The summed E-state index contributed by atoms with van der Waals surface area (Å²) in [6, 6.07) is 7.58. The summed E-state index contributed by atoms with van der Waals surface area (Å²) >= 11 is 3.45. The fourth-order valence-electron chi connectivity index (χ4n) is 2.50. The van der Waals surface area contributed by atoms with Gasteiger partial charge in [-0.25, -0.2) is 4.79 Å². The van der Waals surface area contributed by atoms with Gasteiger partial charge in [0.1, 0.15) is 5.54 Å². The molecule has 0 spiro atoms. The molecule has 1 aromatic carbocycles. The number of para-hydroxylation sites is 1. The van der Waals surface area contributed by atoms with Crippen molar-refractivity contribution in [3.8, 4) is 0 Å². The first kappa shape index (κ1) is 15.3. The lowest BCUT2D eigenvalue weighted by molar-refractivity contribution is -0.149. The van der Waals surface area contributed by atoms with E-state index in [1.165, 1.54) is 0 Å². The van der Waals surface area contributed by atoms with Gasteiger partial charge in [0, 0.05) is 29.6 Å². The molecule has 0 aromatic heterocycles. The number of hydrogen-bond donors (Lipinski definition) is 2. The number of halogens is 1. The molecule has 20 heavy (non-hydrogen) atoms. The molecule has 1 aliphatic rings. The monoisotopic (exact) mass is 341 g/mol. The molecule has 0 amide bonds. The second-order valence-electron chi connectivity index (χ2n) is 5.60. The number of anilines is 1. The van der Waals surface area contributed by atoms with Crippen LogP contribution in [-0.4, -0.2) is 29.3 Å². The summed E-state index contributed by atoms with van der Waals surface area (Å²) in [6.07, 6.45) is 0.906. The number of hydrogen-bond acceptors (Lipinski definition) is 3. The van der Waals surface area contributed by atoms with Gasteiger partial charge in [-0.05, 0) is 34.0 Å². The van der Waals surface area contributed by atoms with Crippen LogP contribution in [-0.2, 0) is 9.53 Å². The Kier molecular flexibility index (Phi) is 4.70. The van der Waals surface area contributed by atoms with Crippen LogP contribution in [0.5, 0.6) is 0 Å². The van der Waals surface area contributed by atoms with Crippen molar-refractivity contribution in [2.75, 3.05) is 11.9 Å². The smallest absolute Gasteiger partial charge is 0.329 e. The summed E-state index contributed by atoms with van der Waals surface area (Å²) in [4.78, 5) is 11.8. The Morgan fingerprint density at radius 2 is 2.20 bits per heavy atom. The molecule has 2 N–H and O–H groups in total. The topological polar surface area (TPSA) is 58.6 Å². The van der Waals surface area contributed by atoms with Gasteiger partial charge in [-0.15, -0.1) is 0 Å². The Labute approximate surface area is 127 Å². The molecular formula is C15H20BrNO3. The standard InChI is InChI=1S/C15H20BrNO3/c1-10(2)13-9-15(14(18)19,7-8-20-13)17-12-6-4-3-5-11(12)16/h3-6,10,13,17H,7-9H2,1-2H3,(H,18,19). The van der Waals surface area contributed by atoms with E-state index in [1.807, 2.05) is 24.3 Å². The quantitative estimate of drug-likeness (QED) is 0.879. The van der Waals surface area contributed by atoms with Gasteiger partial charge in [0.25, 0.3) is 0 Å². The maximum atomic E-state index is 11.8. The van der Waals surface area contributed by atoms with E-state index in [9.17, 15) is 9.90 Å². The van der Waals surface area contributed by atoms with E-state index < -0.39 is 11.5 Å². The lowest BCUT2D eigenvalue weighted by Gasteiger charge is -2.40. The van der Waals surface area contributed by atoms with E-state index in [0.29, 0.717) is 25.4 Å². The average molecular weight is 342 g/mol. The largest absolute Gasteiger partial charge is 0.480 e. The van der Waals surface area contributed by atoms with E-state index in [1.54, 1.807) is 0 Å². The van der Waals surface area contributed by atoms with Gasteiger partial charge >= 0.3 is 5.97 Å². The van der Waals surface area contributed by atoms with Gasteiger partial charge in [0.05, 0.1) is 6.10 Å². The van der Waals surface area contributed by atoms with Gasteiger partial charge in [-0.1, -0.05) is 26.0 Å².